The highest BCUT2D eigenvalue weighted by Gasteiger charge is 2.21. The van der Waals surface area contributed by atoms with Gasteiger partial charge in [-0.15, -0.1) is 12.4 Å². The average molecular weight is 301 g/mol. The smallest absolute Gasteiger partial charge is 0.227 e. The van der Waals surface area contributed by atoms with Gasteiger partial charge in [-0.2, -0.15) is 0 Å². The standard InChI is InChI=1S/C15H21FN2O.ClH/c1-18(13-6-4-9-17-10-8-13)15(19)11-12-5-2-3-7-14(12)16;/h2-3,5,7,13,17H,4,6,8-11H2,1H3;1H. The van der Waals surface area contributed by atoms with E-state index in [0.717, 1.165) is 32.4 Å². The number of benzene rings is 1. The maximum atomic E-state index is 13.5. The normalized spacial score (nSPS) is 18.8. The van der Waals surface area contributed by atoms with Gasteiger partial charge in [0.1, 0.15) is 5.82 Å². The number of hydrogen-bond donors (Lipinski definition) is 1. The molecule has 1 unspecified atom stereocenters. The lowest BCUT2D eigenvalue weighted by Crippen LogP contribution is -2.38. The van der Waals surface area contributed by atoms with Crippen LogP contribution in [0.3, 0.4) is 0 Å². The van der Waals surface area contributed by atoms with Crippen molar-refractivity contribution in [1.29, 1.82) is 0 Å². The zero-order valence-corrected chi connectivity index (χ0v) is 12.6. The number of rotatable bonds is 3. The predicted molar refractivity (Wildman–Crippen MR) is 80.6 cm³/mol. The summed E-state index contributed by atoms with van der Waals surface area (Å²) in [6, 6.07) is 6.76. The molecular weight excluding hydrogens is 279 g/mol. The molecule has 1 amide bonds. The van der Waals surface area contributed by atoms with Gasteiger partial charge in [0, 0.05) is 13.1 Å². The Kier molecular flexibility index (Phi) is 6.96. The first-order valence-electron chi connectivity index (χ1n) is 6.88. The van der Waals surface area contributed by atoms with E-state index in [1.165, 1.54) is 6.07 Å². The number of carbonyl (C=O) groups excluding carboxylic acids is 1. The SMILES string of the molecule is CN(C(=O)Cc1ccccc1F)C1CCCNCC1.Cl. The second-order valence-corrected chi connectivity index (χ2v) is 5.11. The molecule has 1 heterocycles. The van der Waals surface area contributed by atoms with E-state index in [4.69, 9.17) is 0 Å². The molecule has 1 saturated heterocycles. The first kappa shape index (κ1) is 16.9. The van der Waals surface area contributed by atoms with Gasteiger partial charge in [-0.3, -0.25) is 4.79 Å². The van der Waals surface area contributed by atoms with Crippen molar-refractivity contribution in [1.82, 2.24) is 10.2 Å². The topological polar surface area (TPSA) is 32.3 Å². The van der Waals surface area contributed by atoms with Crippen molar-refractivity contribution < 1.29 is 9.18 Å². The molecule has 20 heavy (non-hydrogen) atoms. The summed E-state index contributed by atoms with van der Waals surface area (Å²) in [7, 11) is 1.83. The van der Waals surface area contributed by atoms with Gasteiger partial charge in [-0.25, -0.2) is 4.39 Å². The number of halogens is 2. The van der Waals surface area contributed by atoms with E-state index in [0.29, 0.717) is 5.56 Å². The lowest BCUT2D eigenvalue weighted by atomic mass is 10.1. The van der Waals surface area contributed by atoms with Crippen LogP contribution in [0.2, 0.25) is 0 Å². The molecule has 0 spiro atoms. The van der Waals surface area contributed by atoms with Crippen LogP contribution in [0.4, 0.5) is 4.39 Å². The molecule has 5 heteroatoms. The van der Waals surface area contributed by atoms with E-state index in [1.54, 1.807) is 23.1 Å². The minimum Gasteiger partial charge on any atom is -0.342 e. The highest BCUT2D eigenvalue weighted by Crippen LogP contribution is 2.14. The van der Waals surface area contributed by atoms with Gasteiger partial charge in [0.2, 0.25) is 5.91 Å². The van der Waals surface area contributed by atoms with E-state index in [-0.39, 0.29) is 36.6 Å². The zero-order valence-electron chi connectivity index (χ0n) is 11.8. The van der Waals surface area contributed by atoms with Crippen LogP contribution in [-0.4, -0.2) is 37.0 Å². The van der Waals surface area contributed by atoms with Crippen molar-refractivity contribution >= 4 is 18.3 Å². The average Bonchev–Trinajstić information content (AvgIpc) is 2.69. The Bertz CT molecular complexity index is 434. The molecule has 1 atom stereocenters. The van der Waals surface area contributed by atoms with Gasteiger partial charge >= 0.3 is 0 Å². The quantitative estimate of drug-likeness (QED) is 0.929. The monoisotopic (exact) mass is 300 g/mol. The molecule has 0 aromatic heterocycles. The van der Waals surface area contributed by atoms with Crippen molar-refractivity contribution in [3.05, 3.63) is 35.6 Å². The molecule has 0 bridgehead atoms. The van der Waals surface area contributed by atoms with E-state index in [1.807, 2.05) is 7.05 Å². The van der Waals surface area contributed by atoms with Crippen LogP contribution in [-0.2, 0) is 11.2 Å². The Labute approximate surface area is 125 Å². The Morgan fingerprint density at radius 3 is 2.85 bits per heavy atom. The third kappa shape index (κ3) is 4.46. The molecule has 1 aromatic carbocycles. The van der Waals surface area contributed by atoms with Crippen LogP contribution in [0.15, 0.2) is 24.3 Å². The molecule has 112 valence electrons. The minimum absolute atomic E-state index is 0. The minimum atomic E-state index is -0.299. The van der Waals surface area contributed by atoms with Gasteiger partial charge in [0.05, 0.1) is 6.42 Å². The molecule has 0 radical (unpaired) electrons. The number of likely N-dealkylation sites (N-methyl/N-ethyl adjacent to an activating group) is 1. The number of hydrogen-bond acceptors (Lipinski definition) is 2. The van der Waals surface area contributed by atoms with Crippen molar-refractivity contribution in [2.24, 2.45) is 0 Å². The van der Waals surface area contributed by atoms with Crippen molar-refractivity contribution in [3.8, 4) is 0 Å². The maximum absolute atomic E-state index is 13.5. The number of amides is 1. The summed E-state index contributed by atoms with van der Waals surface area (Å²) in [5, 5.41) is 3.33. The van der Waals surface area contributed by atoms with Crippen molar-refractivity contribution in [2.45, 2.75) is 31.7 Å². The van der Waals surface area contributed by atoms with Gasteiger partial charge in [0.15, 0.2) is 0 Å². The Hall–Kier alpha value is -1.13. The summed E-state index contributed by atoms with van der Waals surface area (Å²) in [5.74, 6) is -0.302. The van der Waals surface area contributed by atoms with Gasteiger partial charge in [0.25, 0.3) is 0 Å². The van der Waals surface area contributed by atoms with E-state index in [2.05, 4.69) is 5.32 Å². The molecule has 3 nitrogen and oxygen atoms in total. The van der Waals surface area contributed by atoms with Gasteiger partial charge < -0.3 is 10.2 Å². The molecule has 1 N–H and O–H groups in total. The summed E-state index contributed by atoms with van der Waals surface area (Å²) in [5.41, 5.74) is 0.478. The van der Waals surface area contributed by atoms with Gasteiger partial charge in [-0.1, -0.05) is 18.2 Å². The third-order valence-corrected chi connectivity index (χ3v) is 3.79. The fourth-order valence-electron chi connectivity index (χ4n) is 2.52. The fraction of sp³-hybridized carbons (Fsp3) is 0.533. The lowest BCUT2D eigenvalue weighted by molar-refractivity contribution is -0.131. The Balaban J connectivity index is 0.00000200. The van der Waals surface area contributed by atoms with Crippen LogP contribution in [0, 0.1) is 5.82 Å². The van der Waals surface area contributed by atoms with Crippen molar-refractivity contribution in [3.63, 3.8) is 0 Å². The van der Waals surface area contributed by atoms with Crippen LogP contribution in [0.25, 0.3) is 0 Å². The molecule has 1 fully saturated rings. The zero-order chi connectivity index (χ0) is 13.7. The largest absolute Gasteiger partial charge is 0.342 e. The molecule has 1 aliphatic heterocycles. The maximum Gasteiger partial charge on any atom is 0.227 e. The molecule has 0 aliphatic carbocycles. The second-order valence-electron chi connectivity index (χ2n) is 5.11. The first-order chi connectivity index (χ1) is 9.18. The number of nitrogens with zero attached hydrogens (tertiary/aromatic N) is 1. The molecule has 0 saturated carbocycles. The summed E-state index contributed by atoms with van der Waals surface area (Å²) in [6.45, 7) is 1.97. The number of nitrogens with one attached hydrogen (secondary N) is 1. The summed E-state index contributed by atoms with van der Waals surface area (Å²) < 4.78 is 13.5. The summed E-state index contributed by atoms with van der Waals surface area (Å²) >= 11 is 0. The van der Waals surface area contributed by atoms with E-state index < -0.39 is 0 Å². The Morgan fingerprint density at radius 1 is 1.35 bits per heavy atom. The first-order valence-corrected chi connectivity index (χ1v) is 6.88. The van der Waals surface area contributed by atoms with E-state index in [9.17, 15) is 9.18 Å². The predicted octanol–water partition coefficient (Wildman–Crippen LogP) is 2.39. The molecule has 2 rings (SSSR count). The molecule has 1 aliphatic rings. The number of carbonyl (C=O) groups is 1. The van der Waals surface area contributed by atoms with Crippen LogP contribution in [0.5, 0.6) is 0 Å². The van der Waals surface area contributed by atoms with Crippen molar-refractivity contribution in [2.75, 3.05) is 20.1 Å². The summed E-state index contributed by atoms with van der Waals surface area (Å²) in [6.07, 6.45) is 3.22. The fourth-order valence-corrected chi connectivity index (χ4v) is 2.52. The Morgan fingerprint density at radius 2 is 2.10 bits per heavy atom. The molecule has 1 aromatic rings. The highest BCUT2D eigenvalue weighted by molar-refractivity contribution is 5.85. The van der Waals surface area contributed by atoms with Crippen LogP contribution >= 0.6 is 12.4 Å². The highest BCUT2D eigenvalue weighted by atomic mass is 35.5. The molecular formula is C15H22ClFN2O. The summed E-state index contributed by atoms with van der Waals surface area (Å²) in [4.78, 5) is 14.0. The lowest BCUT2D eigenvalue weighted by Gasteiger charge is -2.27. The van der Waals surface area contributed by atoms with E-state index >= 15 is 0 Å². The van der Waals surface area contributed by atoms with Crippen LogP contribution < -0.4 is 5.32 Å². The van der Waals surface area contributed by atoms with Gasteiger partial charge in [-0.05, 0) is 44.0 Å². The third-order valence-electron chi connectivity index (χ3n) is 3.79. The van der Waals surface area contributed by atoms with Crippen LogP contribution in [0.1, 0.15) is 24.8 Å². The second kappa shape index (κ2) is 8.22.